The molecule has 0 bridgehead atoms. The van der Waals surface area contributed by atoms with E-state index in [-0.39, 0.29) is 5.82 Å². The summed E-state index contributed by atoms with van der Waals surface area (Å²) in [4.78, 5) is 4.92. The van der Waals surface area contributed by atoms with Crippen molar-refractivity contribution in [3.05, 3.63) is 30.1 Å². The SMILES string of the molecule is Fc1ccc(N2CCN(CC3CC3)CC2)cc1. The van der Waals surface area contributed by atoms with Gasteiger partial charge >= 0.3 is 0 Å². The summed E-state index contributed by atoms with van der Waals surface area (Å²) in [5.74, 6) is 0.827. The van der Waals surface area contributed by atoms with Crippen LogP contribution in [0.15, 0.2) is 24.3 Å². The van der Waals surface area contributed by atoms with Crippen LogP contribution in [-0.2, 0) is 0 Å². The molecule has 1 aliphatic carbocycles. The maximum Gasteiger partial charge on any atom is 0.123 e. The van der Waals surface area contributed by atoms with Gasteiger partial charge in [-0.1, -0.05) is 0 Å². The molecule has 0 amide bonds. The molecule has 1 aliphatic heterocycles. The van der Waals surface area contributed by atoms with E-state index < -0.39 is 0 Å². The van der Waals surface area contributed by atoms with E-state index in [2.05, 4.69) is 9.80 Å². The Morgan fingerprint density at radius 2 is 1.65 bits per heavy atom. The molecule has 3 heteroatoms. The summed E-state index contributed by atoms with van der Waals surface area (Å²) in [6, 6.07) is 6.86. The molecule has 1 saturated carbocycles. The predicted octanol–water partition coefficient (Wildman–Crippen LogP) is 2.36. The smallest absolute Gasteiger partial charge is 0.123 e. The number of benzene rings is 1. The molecule has 0 spiro atoms. The Morgan fingerprint density at radius 3 is 2.24 bits per heavy atom. The van der Waals surface area contributed by atoms with Gasteiger partial charge in [-0.3, -0.25) is 4.90 Å². The lowest BCUT2D eigenvalue weighted by atomic mass is 10.2. The second-order valence-electron chi connectivity index (χ2n) is 5.21. The molecule has 2 fully saturated rings. The van der Waals surface area contributed by atoms with Crippen molar-refractivity contribution in [2.24, 2.45) is 5.92 Å². The first kappa shape index (κ1) is 11.0. The van der Waals surface area contributed by atoms with E-state index in [9.17, 15) is 4.39 Å². The van der Waals surface area contributed by atoms with E-state index in [1.54, 1.807) is 12.1 Å². The van der Waals surface area contributed by atoms with Gasteiger partial charge in [-0.2, -0.15) is 0 Å². The molecule has 0 aromatic heterocycles. The summed E-state index contributed by atoms with van der Waals surface area (Å²) in [5.41, 5.74) is 1.15. The van der Waals surface area contributed by atoms with Crippen LogP contribution in [0.1, 0.15) is 12.8 Å². The standard InChI is InChI=1S/C14H19FN2/c15-13-3-5-14(6-4-13)17-9-7-16(8-10-17)11-12-1-2-12/h3-6,12H,1-2,7-11H2. The first-order valence-electron chi connectivity index (χ1n) is 6.54. The molecule has 2 aliphatic rings. The third-order valence-electron chi connectivity index (χ3n) is 3.78. The fourth-order valence-corrected chi connectivity index (χ4v) is 2.51. The summed E-state index contributed by atoms with van der Waals surface area (Å²) >= 11 is 0. The van der Waals surface area contributed by atoms with Crippen LogP contribution >= 0.6 is 0 Å². The quantitative estimate of drug-likeness (QED) is 0.792. The van der Waals surface area contributed by atoms with Gasteiger partial charge in [0.1, 0.15) is 5.82 Å². The van der Waals surface area contributed by atoms with Crippen molar-refractivity contribution >= 4 is 5.69 Å². The Bertz CT molecular complexity index is 364. The van der Waals surface area contributed by atoms with Crippen molar-refractivity contribution < 1.29 is 4.39 Å². The Balaban J connectivity index is 1.54. The lowest BCUT2D eigenvalue weighted by Crippen LogP contribution is -2.47. The van der Waals surface area contributed by atoms with Gasteiger partial charge in [0.05, 0.1) is 0 Å². The first-order chi connectivity index (χ1) is 8.31. The minimum absolute atomic E-state index is 0.152. The highest BCUT2D eigenvalue weighted by Crippen LogP contribution is 2.30. The molecule has 2 nitrogen and oxygen atoms in total. The molecule has 0 unspecified atom stereocenters. The van der Waals surface area contributed by atoms with Gasteiger partial charge in [-0.15, -0.1) is 0 Å². The zero-order valence-corrected chi connectivity index (χ0v) is 10.1. The summed E-state index contributed by atoms with van der Waals surface area (Å²) in [6.45, 7) is 5.72. The monoisotopic (exact) mass is 234 g/mol. The molecule has 0 N–H and O–H groups in total. The predicted molar refractivity (Wildman–Crippen MR) is 67.8 cm³/mol. The van der Waals surface area contributed by atoms with Crippen LogP contribution in [0.3, 0.4) is 0 Å². The molecular weight excluding hydrogens is 215 g/mol. The van der Waals surface area contributed by atoms with E-state index in [4.69, 9.17) is 0 Å². The molecule has 17 heavy (non-hydrogen) atoms. The van der Waals surface area contributed by atoms with Gasteiger partial charge in [0.2, 0.25) is 0 Å². The molecule has 1 aromatic carbocycles. The number of piperazine rings is 1. The zero-order valence-electron chi connectivity index (χ0n) is 10.1. The van der Waals surface area contributed by atoms with Crippen LogP contribution in [-0.4, -0.2) is 37.6 Å². The molecule has 1 aromatic rings. The highest BCUT2D eigenvalue weighted by atomic mass is 19.1. The number of hydrogen-bond acceptors (Lipinski definition) is 2. The summed E-state index contributed by atoms with van der Waals surface area (Å²) < 4.78 is 12.8. The average Bonchev–Trinajstić information content (AvgIpc) is 3.15. The van der Waals surface area contributed by atoms with Crippen LogP contribution in [0.4, 0.5) is 10.1 Å². The lowest BCUT2D eigenvalue weighted by Gasteiger charge is -2.36. The van der Waals surface area contributed by atoms with Gasteiger partial charge < -0.3 is 4.90 Å². The summed E-state index contributed by atoms with van der Waals surface area (Å²) in [5, 5.41) is 0. The van der Waals surface area contributed by atoms with E-state index in [1.165, 1.54) is 19.4 Å². The largest absolute Gasteiger partial charge is 0.369 e. The Morgan fingerprint density at radius 1 is 1.00 bits per heavy atom. The van der Waals surface area contributed by atoms with Crippen molar-refractivity contribution in [2.45, 2.75) is 12.8 Å². The highest BCUT2D eigenvalue weighted by molar-refractivity contribution is 5.46. The Hall–Kier alpha value is -1.09. The number of halogens is 1. The van der Waals surface area contributed by atoms with Crippen molar-refractivity contribution in [3.8, 4) is 0 Å². The summed E-state index contributed by atoms with van der Waals surface area (Å²) in [6.07, 6.45) is 2.86. The van der Waals surface area contributed by atoms with Gasteiger partial charge in [0.15, 0.2) is 0 Å². The van der Waals surface area contributed by atoms with Crippen LogP contribution in [0.25, 0.3) is 0 Å². The van der Waals surface area contributed by atoms with Crippen molar-refractivity contribution in [1.82, 2.24) is 4.90 Å². The maximum atomic E-state index is 12.8. The third-order valence-corrected chi connectivity index (χ3v) is 3.78. The van der Waals surface area contributed by atoms with Crippen molar-refractivity contribution in [2.75, 3.05) is 37.6 Å². The fourth-order valence-electron chi connectivity index (χ4n) is 2.51. The summed E-state index contributed by atoms with van der Waals surface area (Å²) in [7, 11) is 0. The molecule has 92 valence electrons. The van der Waals surface area contributed by atoms with Gasteiger partial charge in [-0.25, -0.2) is 4.39 Å². The molecule has 1 saturated heterocycles. The topological polar surface area (TPSA) is 6.48 Å². The van der Waals surface area contributed by atoms with Gasteiger partial charge in [0.25, 0.3) is 0 Å². The van der Waals surface area contributed by atoms with E-state index in [1.807, 2.05) is 12.1 Å². The third kappa shape index (κ3) is 2.78. The van der Waals surface area contributed by atoms with E-state index >= 15 is 0 Å². The number of rotatable bonds is 3. The molecule has 0 atom stereocenters. The van der Waals surface area contributed by atoms with Crippen LogP contribution in [0, 0.1) is 11.7 Å². The van der Waals surface area contributed by atoms with Crippen LogP contribution in [0.5, 0.6) is 0 Å². The Kier molecular flexibility index (Phi) is 3.02. The minimum Gasteiger partial charge on any atom is -0.369 e. The molecule has 1 heterocycles. The maximum absolute atomic E-state index is 12.8. The van der Waals surface area contributed by atoms with Crippen LogP contribution in [0.2, 0.25) is 0 Å². The number of nitrogens with zero attached hydrogens (tertiary/aromatic N) is 2. The molecular formula is C14H19FN2. The molecule has 0 radical (unpaired) electrons. The zero-order chi connectivity index (χ0) is 11.7. The molecule has 3 rings (SSSR count). The second kappa shape index (κ2) is 4.65. The van der Waals surface area contributed by atoms with E-state index in [0.717, 1.165) is 37.8 Å². The van der Waals surface area contributed by atoms with Gasteiger partial charge in [-0.05, 0) is 43.0 Å². The minimum atomic E-state index is -0.152. The van der Waals surface area contributed by atoms with Crippen molar-refractivity contribution in [1.29, 1.82) is 0 Å². The van der Waals surface area contributed by atoms with E-state index in [0.29, 0.717) is 0 Å². The Labute approximate surface area is 102 Å². The fraction of sp³-hybridized carbons (Fsp3) is 0.571. The first-order valence-corrected chi connectivity index (χ1v) is 6.54. The van der Waals surface area contributed by atoms with Crippen molar-refractivity contribution in [3.63, 3.8) is 0 Å². The van der Waals surface area contributed by atoms with Gasteiger partial charge in [0, 0.05) is 38.4 Å². The second-order valence-corrected chi connectivity index (χ2v) is 5.21. The average molecular weight is 234 g/mol. The highest BCUT2D eigenvalue weighted by Gasteiger charge is 2.26. The van der Waals surface area contributed by atoms with Crippen LogP contribution < -0.4 is 4.90 Å². The number of anilines is 1. The normalized spacial score (nSPS) is 21.8. The lowest BCUT2D eigenvalue weighted by molar-refractivity contribution is 0.248. The number of hydrogen-bond donors (Lipinski definition) is 0.